The molecule has 0 aliphatic heterocycles. The summed E-state index contributed by atoms with van der Waals surface area (Å²) in [7, 11) is 0. The number of hydrogen-bond donors (Lipinski definition) is 1. The van der Waals surface area contributed by atoms with Crippen LogP contribution in [0.15, 0.2) is 53.0 Å². The van der Waals surface area contributed by atoms with E-state index in [-0.39, 0.29) is 18.0 Å². The molecule has 116 valence electrons. The normalized spacial score (nSPS) is 10.4. The van der Waals surface area contributed by atoms with Crippen molar-refractivity contribution in [3.05, 3.63) is 58.6 Å². The van der Waals surface area contributed by atoms with E-state index >= 15 is 0 Å². The second-order valence-corrected chi connectivity index (χ2v) is 5.12. The van der Waals surface area contributed by atoms with Crippen LogP contribution >= 0.6 is 15.9 Å². The highest BCUT2D eigenvalue weighted by molar-refractivity contribution is 9.10. The van der Waals surface area contributed by atoms with Gasteiger partial charge in [0.2, 0.25) is 0 Å². The van der Waals surface area contributed by atoms with Crippen LogP contribution in [0.2, 0.25) is 0 Å². The van der Waals surface area contributed by atoms with Gasteiger partial charge in [-0.1, -0.05) is 46.3 Å². The average molecular weight is 372 g/mol. The zero-order valence-electron chi connectivity index (χ0n) is 11.3. The molecule has 0 aliphatic carbocycles. The molecule has 1 amide bonds. The van der Waals surface area contributed by atoms with E-state index in [1.165, 1.54) is 12.1 Å². The molecule has 0 bridgehead atoms. The minimum Gasteiger partial charge on any atom is -0.444 e. The van der Waals surface area contributed by atoms with Crippen LogP contribution in [0.25, 0.3) is 0 Å². The predicted octanol–water partition coefficient (Wildman–Crippen LogP) is 4.80. The summed E-state index contributed by atoms with van der Waals surface area (Å²) in [6.07, 6.45) is -0.759. The lowest BCUT2D eigenvalue weighted by Gasteiger charge is -2.12. The predicted molar refractivity (Wildman–Crippen MR) is 81.0 cm³/mol. The summed E-state index contributed by atoms with van der Waals surface area (Å²) < 4.78 is 34.6. The lowest BCUT2D eigenvalue weighted by atomic mass is 10.2. The summed E-state index contributed by atoms with van der Waals surface area (Å²) in [5, 5.41) is 2.37. The molecule has 1 N–H and O–H groups in total. The van der Waals surface area contributed by atoms with E-state index in [0.717, 1.165) is 5.56 Å². The molecule has 2 aromatic rings. The molecule has 0 spiro atoms. The van der Waals surface area contributed by atoms with Crippen molar-refractivity contribution in [2.75, 3.05) is 5.32 Å². The number of benzene rings is 2. The standard InChI is InChI=1S/C15H12BrF2NO3/c16-11-6-7-12(13(8-11)22-14(17)18)19-15(20)21-9-10-4-2-1-3-5-10/h1-8,14H,9H2,(H,19,20). The molecular formula is C15H12BrF2NO3. The largest absolute Gasteiger partial charge is 0.444 e. The van der Waals surface area contributed by atoms with Gasteiger partial charge in [0.05, 0.1) is 5.69 Å². The Bertz CT molecular complexity index is 638. The highest BCUT2D eigenvalue weighted by Gasteiger charge is 2.13. The molecule has 2 rings (SSSR count). The minimum absolute atomic E-state index is 0.0776. The maximum Gasteiger partial charge on any atom is 0.412 e. The van der Waals surface area contributed by atoms with Gasteiger partial charge in [-0.3, -0.25) is 5.32 Å². The van der Waals surface area contributed by atoms with Crippen LogP contribution in [0.5, 0.6) is 5.75 Å². The van der Waals surface area contributed by atoms with Crippen molar-refractivity contribution in [1.82, 2.24) is 0 Å². The fraction of sp³-hybridized carbons (Fsp3) is 0.133. The van der Waals surface area contributed by atoms with Crippen molar-refractivity contribution in [2.24, 2.45) is 0 Å². The summed E-state index contributed by atoms with van der Waals surface area (Å²) in [5.74, 6) is -0.152. The van der Waals surface area contributed by atoms with Gasteiger partial charge in [0, 0.05) is 4.47 Å². The third-order valence-electron chi connectivity index (χ3n) is 2.61. The van der Waals surface area contributed by atoms with Crippen LogP contribution in [0.3, 0.4) is 0 Å². The number of alkyl halides is 2. The summed E-state index contributed by atoms with van der Waals surface area (Å²) >= 11 is 3.14. The molecule has 0 atom stereocenters. The molecule has 0 saturated carbocycles. The Kier molecular flexibility index (Phi) is 5.71. The van der Waals surface area contributed by atoms with E-state index < -0.39 is 12.7 Å². The van der Waals surface area contributed by atoms with Gasteiger partial charge < -0.3 is 9.47 Å². The van der Waals surface area contributed by atoms with Gasteiger partial charge in [-0.2, -0.15) is 8.78 Å². The first-order valence-electron chi connectivity index (χ1n) is 6.26. The number of halogens is 3. The highest BCUT2D eigenvalue weighted by atomic mass is 79.9. The van der Waals surface area contributed by atoms with Crippen LogP contribution in [0, 0.1) is 0 Å². The van der Waals surface area contributed by atoms with E-state index in [0.29, 0.717) is 4.47 Å². The minimum atomic E-state index is -2.99. The molecule has 0 aromatic heterocycles. The lowest BCUT2D eigenvalue weighted by molar-refractivity contribution is -0.0494. The molecule has 2 aromatic carbocycles. The maximum absolute atomic E-state index is 12.4. The van der Waals surface area contributed by atoms with Gasteiger partial charge >= 0.3 is 12.7 Å². The Hall–Kier alpha value is -2.15. The molecule has 0 saturated heterocycles. The number of hydrogen-bond acceptors (Lipinski definition) is 3. The van der Waals surface area contributed by atoms with Crippen molar-refractivity contribution < 1.29 is 23.0 Å². The van der Waals surface area contributed by atoms with Crippen LogP contribution in [-0.4, -0.2) is 12.7 Å². The molecule has 22 heavy (non-hydrogen) atoms. The smallest absolute Gasteiger partial charge is 0.412 e. The van der Waals surface area contributed by atoms with Gasteiger partial charge in [-0.25, -0.2) is 4.79 Å². The van der Waals surface area contributed by atoms with Gasteiger partial charge in [-0.15, -0.1) is 0 Å². The third kappa shape index (κ3) is 5.00. The highest BCUT2D eigenvalue weighted by Crippen LogP contribution is 2.29. The van der Waals surface area contributed by atoms with Crippen molar-refractivity contribution in [3.63, 3.8) is 0 Å². The number of amides is 1. The Labute approximate surface area is 134 Å². The topological polar surface area (TPSA) is 47.6 Å². The monoisotopic (exact) mass is 371 g/mol. The number of anilines is 1. The second kappa shape index (κ2) is 7.74. The van der Waals surface area contributed by atoms with Crippen LogP contribution in [0.1, 0.15) is 5.56 Å². The summed E-state index contributed by atoms with van der Waals surface area (Å²) in [4.78, 5) is 11.7. The van der Waals surface area contributed by atoms with Crippen molar-refractivity contribution in [3.8, 4) is 5.75 Å². The maximum atomic E-state index is 12.4. The van der Waals surface area contributed by atoms with Crippen LogP contribution in [-0.2, 0) is 11.3 Å². The number of nitrogens with one attached hydrogen (secondary N) is 1. The fourth-order valence-electron chi connectivity index (χ4n) is 1.66. The average Bonchev–Trinajstić information content (AvgIpc) is 2.48. The first kappa shape index (κ1) is 16.2. The lowest BCUT2D eigenvalue weighted by Crippen LogP contribution is -2.15. The molecule has 7 heteroatoms. The summed E-state index contributed by atoms with van der Waals surface area (Å²) in [5.41, 5.74) is 0.916. The number of ether oxygens (including phenoxy) is 2. The van der Waals surface area contributed by atoms with Gasteiger partial charge in [-0.05, 0) is 23.8 Å². The summed E-state index contributed by atoms with van der Waals surface area (Å²) in [6.45, 7) is -2.91. The van der Waals surface area contributed by atoms with Gasteiger partial charge in [0.25, 0.3) is 0 Å². The van der Waals surface area contributed by atoms with E-state index in [1.807, 2.05) is 18.2 Å². The molecule has 0 fully saturated rings. The Morgan fingerprint density at radius 2 is 1.91 bits per heavy atom. The molecular weight excluding hydrogens is 360 g/mol. The van der Waals surface area contributed by atoms with E-state index in [2.05, 4.69) is 26.0 Å². The first-order chi connectivity index (χ1) is 10.5. The van der Waals surface area contributed by atoms with Gasteiger partial charge in [0.1, 0.15) is 6.61 Å². The van der Waals surface area contributed by atoms with E-state index in [1.54, 1.807) is 18.2 Å². The quantitative estimate of drug-likeness (QED) is 0.820. The second-order valence-electron chi connectivity index (χ2n) is 4.21. The number of rotatable bonds is 5. The summed E-state index contributed by atoms with van der Waals surface area (Å²) in [6, 6.07) is 13.4. The Balaban J connectivity index is 1.99. The Morgan fingerprint density at radius 1 is 1.18 bits per heavy atom. The number of carbonyl (C=O) groups excluding carboxylic acids is 1. The van der Waals surface area contributed by atoms with Crippen molar-refractivity contribution in [1.29, 1.82) is 0 Å². The first-order valence-corrected chi connectivity index (χ1v) is 7.06. The third-order valence-corrected chi connectivity index (χ3v) is 3.10. The van der Waals surface area contributed by atoms with Crippen molar-refractivity contribution >= 4 is 27.7 Å². The number of carbonyl (C=O) groups is 1. The van der Waals surface area contributed by atoms with E-state index in [4.69, 9.17) is 4.74 Å². The Morgan fingerprint density at radius 3 is 2.59 bits per heavy atom. The molecule has 0 unspecified atom stereocenters. The zero-order chi connectivity index (χ0) is 15.9. The van der Waals surface area contributed by atoms with Crippen molar-refractivity contribution in [2.45, 2.75) is 13.2 Å². The molecule has 0 aliphatic rings. The zero-order valence-corrected chi connectivity index (χ0v) is 12.8. The molecule has 0 radical (unpaired) electrons. The van der Waals surface area contributed by atoms with E-state index in [9.17, 15) is 13.6 Å². The van der Waals surface area contributed by atoms with Gasteiger partial charge in [0.15, 0.2) is 5.75 Å². The SMILES string of the molecule is O=C(Nc1ccc(Br)cc1OC(F)F)OCc1ccccc1. The van der Waals surface area contributed by atoms with Crippen LogP contribution in [0.4, 0.5) is 19.3 Å². The fourth-order valence-corrected chi connectivity index (χ4v) is 2.00. The van der Waals surface area contributed by atoms with Crippen LogP contribution < -0.4 is 10.1 Å². The molecule has 4 nitrogen and oxygen atoms in total. The molecule has 0 heterocycles.